The van der Waals surface area contributed by atoms with Crippen LogP contribution in [-0.2, 0) is 25.7 Å². The molecule has 0 bridgehead atoms. The molecule has 0 unspecified atom stereocenters. The molecule has 37 heavy (non-hydrogen) atoms. The molecule has 8 nitrogen and oxygen atoms in total. The lowest BCUT2D eigenvalue weighted by molar-refractivity contribution is -0.150. The summed E-state index contributed by atoms with van der Waals surface area (Å²) in [7, 11) is 0. The lowest BCUT2D eigenvalue weighted by Gasteiger charge is -2.37. The highest BCUT2D eigenvalue weighted by molar-refractivity contribution is 8.00. The Morgan fingerprint density at radius 3 is 2.68 bits per heavy atom. The second kappa shape index (κ2) is 11.2. The Hall–Kier alpha value is -3.66. The highest BCUT2D eigenvalue weighted by atomic mass is 32.2. The van der Waals surface area contributed by atoms with Gasteiger partial charge in [-0.25, -0.2) is 14.0 Å². The number of esters is 1. The summed E-state index contributed by atoms with van der Waals surface area (Å²) in [5.74, 6) is -0.669. The van der Waals surface area contributed by atoms with Gasteiger partial charge in [0.05, 0.1) is 11.3 Å². The fourth-order valence-corrected chi connectivity index (χ4v) is 5.62. The number of hydrogen-bond donors (Lipinski definition) is 0. The average molecular weight is 524 g/mol. The van der Waals surface area contributed by atoms with Gasteiger partial charge in [-0.2, -0.15) is 0 Å². The van der Waals surface area contributed by atoms with E-state index in [0.29, 0.717) is 36.8 Å². The van der Waals surface area contributed by atoms with E-state index in [4.69, 9.17) is 9.47 Å². The first-order valence-electron chi connectivity index (χ1n) is 12.1. The highest BCUT2D eigenvalue weighted by Crippen LogP contribution is 2.29. The molecule has 0 saturated carbocycles. The first-order chi connectivity index (χ1) is 18.0. The Morgan fingerprint density at radius 2 is 1.89 bits per heavy atom. The molecule has 3 heterocycles. The zero-order valence-corrected chi connectivity index (χ0v) is 20.9. The molecule has 5 rings (SSSR count). The molecular weight excluding hydrogens is 497 g/mol. The molecule has 3 aromatic rings. The Morgan fingerprint density at radius 1 is 1.11 bits per heavy atom. The summed E-state index contributed by atoms with van der Waals surface area (Å²) in [6, 6.07) is 14.5. The van der Waals surface area contributed by atoms with Crippen molar-refractivity contribution in [3.05, 3.63) is 72.2 Å². The van der Waals surface area contributed by atoms with Crippen molar-refractivity contribution < 1.29 is 28.2 Å². The van der Waals surface area contributed by atoms with Gasteiger partial charge in [0.1, 0.15) is 19.0 Å². The molecular formula is C27H26FN3O5S. The standard InChI is InChI=1S/C27H26FN3O5S/c28-19-6-7-22-21(14-19)24(8-11-29-22)37-17-25(32)30-12-9-20(10-13-30)31-23(16-36-27(31)34)26(33)35-15-18-4-2-1-3-5-18/h1-8,11,14,20,23H,9-10,12-13,15-17H2/t23-/m0/s1. The van der Waals surface area contributed by atoms with E-state index in [1.165, 1.54) is 28.8 Å². The number of piperidine rings is 1. The molecule has 2 aliphatic rings. The smallest absolute Gasteiger partial charge is 0.410 e. The minimum Gasteiger partial charge on any atom is -0.459 e. The minimum atomic E-state index is -0.792. The summed E-state index contributed by atoms with van der Waals surface area (Å²) in [6.45, 7) is 1.02. The lowest BCUT2D eigenvalue weighted by atomic mass is 10.0. The fraction of sp³-hybridized carbons (Fsp3) is 0.333. The van der Waals surface area contributed by atoms with Crippen molar-refractivity contribution in [1.29, 1.82) is 0 Å². The number of carbonyl (C=O) groups excluding carboxylic acids is 3. The van der Waals surface area contributed by atoms with Gasteiger partial charge in [-0.1, -0.05) is 30.3 Å². The molecule has 2 amide bonds. The molecule has 0 aliphatic carbocycles. The topological polar surface area (TPSA) is 89.0 Å². The van der Waals surface area contributed by atoms with Crippen LogP contribution in [0.25, 0.3) is 10.9 Å². The van der Waals surface area contributed by atoms with Gasteiger partial charge >= 0.3 is 12.1 Å². The number of rotatable bonds is 7. The van der Waals surface area contributed by atoms with Gasteiger partial charge in [-0.05, 0) is 42.7 Å². The van der Waals surface area contributed by atoms with E-state index in [2.05, 4.69) is 4.98 Å². The van der Waals surface area contributed by atoms with Crippen molar-refractivity contribution in [2.24, 2.45) is 0 Å². The minimum absolute atomic E-state index is 0.0346. The zero-order chi connectivity index (χ0) is 25.8. The SMILES string of the molecule is O=C(OCc1ccccc1)[C@@H]1COC(=O)N1C1CCN(C(=O)CSc2ccnc3ccc(F)cc23)CC1. The molecule has 2 saturated heterocycles. The van der Waals surface area contributed by atoms with E-state index >= 15 is 0 Å². The number of hydrogen-bond acceptors (Lipinski definition) is 7. The highest BCUT2D eigenvalue weighted by Gasteiger charge is 2.44. The van der Waals surface area contributed by atoms with Crippen LogP contribution in [0.15, 0.2) is 65.7 Å². The fourth-order valence-electron chi connectivity index (χ4n) is 4.69. The lowest BCUT2D eigenvalue weighted by Crippen LogP contribution is -2.52. The van der Waals surface area contributed by atoms with Gasteiger partial charge in [-0.3, -0.25) is 14.7 Å². The number of thioether (sulfide) groups is 1. The van der Waals surface area contributed by atoms with Crippen LogP contribution >= 0.6 is 11.8 Å². The molecule has 2 aliphatic heterocycles. The second-order valence-electron chi connectivity index (χ2n) is 8.96. The number of cyclic esters (lactones) is 1. The first kappa shape index (κ1) is 25.0. The number of amides is 2. The molecule has 2 aromatic carbocycles. The molecule has 192 valence electrons. The van der Waals surface area contributed by atoms with E-state index in [9.17, 15) is 18.8 Å². The van der Waals surface area contributed by atoms with Gasteiger partial charge in [-0.15, -0.1) is 11.8 Å². The molecule has 0 radical (unpaired) electrons. The molecule has 1 aromatic heterocycles. The molecule has 2 fully saturated rings. The summed E-state index contributed by atoms with van der Waals surface area (Å²) in [4.78, 5) is 46.4. The summed E-state index contributed by atoms with van der Waals surface area (Å²) < 4.78 is 24.3. The third-order valence-corrected chi connectivity index (χ3v) is 7.69. The van der Waals surface area contributed by atoms with Gasteiger partial charge in [0, 0.05) is 35.6 Å². The zero-order valence-electron chi connectivity index (χ0n) is 20.0. The maximum Gasteiger partial charge on any atom is 0.410 e. The molecule has 0 N–H and O–H groups in total. The first-order valence-corrected chi connectivity index (χ1v) is 13.1. The Balaban J connectivity index is 1.14. The monoisotopic (exact) mass is 523 g/mol. The Bertz CT molecular complexity index is 1300. The summed E-state index contributed by atoms with van der Waals surface area (Å²) in [5, 5.41) is 0.678. The maximum absolute atomic E-state index is 13.7. The summed E-state index contributed by atoms with van der Waals surface area (Å²) in [6.07, 6.45) is 2.20. The Kier molecular flexibility index (Phi) is 7.55. The third kappa shape index (κ3) is 5.69. The average Bonchev–Trinajstić information content (AvgIpc) is 3.32. The van der Waals surface area contributed by atoms with Crippen molar-refractivity contribution >= 4 is 40.6 Å². The second-order valence-corrected chi connectivity index (χ2v) is 9.98. The third-order valence-electron chi connectivity index (χ3n) is 6.63. The van der Waals surface area contributed by atoms with E-state index in [0.717, 1.165) is 10.5 Å². The van der Waals surface area contributed by atoms with Crippen LogP contribution in [0.4, 0.5) is 9.18 Å². The van der Waals surface area contributed by atoms with Crippen LogP contribution in [0.2, 0.25) is 0 Å². The van der Waals surface area contributed by atoms with Gasteiger partial charge in [0.2, 0.25) is 5.91 Å². The number of likely N-dealkylation sites (tertiary alicyclic amines) is 1. The van der Waals surface area contributed by atoms with Crippen LogP contribution in [0, 0.1) is 5.82 Å². The summed E-state index contributed by atoms with van der Waals surface area (Å²) in [5.41, 5.74) is 1.54. The van der Waals surface area contributed by atoms with Crippen molar-refractivity contribution in [1.82, 2.24) is 14.8 Å². The number of pyridine rings is 1. The van der Waals surface area contributed by atoms with Crippen LogP contribution in [0.1, 0.15) is 18.4 Å². The number of halogens is 1. The predicted octanol–water partition coefficient (Wildman–Crippen LogP) is 4.02. The van der Waals surface area contributed by atoms with Crippen molar-refractivity contribution in [3.63, 3.8) is 0 Å². The van der Waals surface area contributed by atoms with Crippen LogP contribution in [0.3, 0.4) is 0 Å². The van der Waals surface area contributed by atoms with Crippen LogP contribution in [0.5, 0.6) is 0 Å². The van der Waals surface area contributed by atoms with Crippen molar-refractivity contribution in [2.45, 2.75) is 36.4 Å². The summed E-state index contributed by atoms with van der Waals surface area (Å²) >= 11 is 1.35. The largest absolute Gasteiger partial charge is 0.459 e. The van der Waals surface area contributed by atoms with Gasteiger partial charge in [0.15, 0.2) is 6.04 Å². The van der Waals surface area contributed by atoms with E-state index < -0.39 is 18.1 Å². The van der Waals surface area contributed by atoms with Crippen LogP contribution < -0.4 is 0 Å². The normalized spacial score (nSPS) is 18.2. The Labute approximate surface area is 217 Å². The van der Waals surface area contributed by atoms with Gasteiger partial charge in [0.25, 0.3) is 0 Å². The predicted molar refractivity (Wildman–Crippen MR) is 135 cm³/mol. The van der Waals surface area contributed by atoms with Crippen molar-refractivity contribution in [2.75, 3.05) is 25.4 Å². The quantitative estimate of drug-likeness (QED) is 0.341. The molecule has 0 spiro atoms. The van der Waals surface area contributed by atoms with E-state index in [-0.39, 0.29) is 36.7 Å². The number of carbonyl (C=O) groups is 3. The number of benzene rings is 2. The van der Waals surface area contributed by atoms with Crippen LogP contribution in [-0.4, -0.2) is 70.3 Å². The number of ether oxygens (including phenoxy) is 2. The molecule has 10 heteroatoms. The van der Waals surface area contributed by atoms with E-state index in [1.54, 1.807) is 23.2 Å². The number of fused-ring (bicyclic) bond motifs is 1. The van der Waals surface area contributed by atoms with E-state index in [1.807, 2.05) is 30.3 Å². The number of nitrogens with zero attached hydrogens (tertiary/aromatic N) is 3. The maximum atomic E-state index is 13.7. The number of aromatic nitrogens is 1. The molecule has 1 atom stereocenters. The van der Waals surface area contributed by atoms with Gasteiger partial charge < -0.3 is 14.4 Å². The van der Waals surface area contributed by atoms with Crippen molar-refractivity contribution in [3.8, 4) is 0 Å².